The van der Waals surface area contributed by atoms with Crippen LogP contribution >= 0.6 is 0 Å². The highest BCUT2D eigenvalue weighted by molar-refractivity contribution is 5.28. The Labute approximate surface area is 84.5 Å². The molecule has 0 aliphatic rings. The van der Waals surface area contributed by atoms with E-state index in [0.29, 0.717) is 13.0 Å². The molecule has 0 amide bonds. The summed E-state index contributed by atoms with van der Waals surface area (Å²) in [5.41, 5.74) is 6.48. The van der Waals surface area contributed by atoms with Crippen LogP contribution in [-0.4, -0.2) is 24.9 Å². The van der Waals surface area contributed by atoms with Crippen molar-refractivity contribution in [2.45, 2.75) is 18.9 Å². The number of nitrogens with two attached hydrogens (primary N) is 1. The van der Waals surface area contributed by atoms with Crippen molar-refractivity contribution in [3.63, 3.8) is 0 Å². The van der Waals surface area contributed by atoms with E-state index in [1.54, 1.807) is 7.11 Å². The number of aryl methyl sites for hydroxylation is 1. The Bertz CT molecular complexity index is 276. The van der Waals surface area contributed by atoms with Crippen LogP contribution < -0.4 is 10.5 Å². The number of hydrogen-bond donors (Lipinski definition) is 2. The maximum Gasteiger partial charge on any atom is 0.119 e. The summed E-state index contributed by atoms with van der Waals surface area (Å²) >= 11 is 0. The molecule has 3 nitrogen and oxygen atoms in total. The Hall–Kier alpha value is -1.06. The Morgan fingerprint density at radius 3 is 2.93 bits per heavy atom. The van der Waals surface area contributed by atoms with Crippen molar-refractivity contribution in [1.29, 1.82) is 0 Å². The van der Waals surface area contributed by atoms with Gasteiger partial charge in [0.25, 0.3) is 0 Å². The molecule has 14 heavy (non-hydrogen) atoms. The fourth-order valence-electron chi connectivity index (χ4n) is 1.28. The van der Waals surface area contributed by atoms with Crippen molar-refractivity contribution in [2.75, 3.05) is 13.7 Å². The molecule has 1 aromatic carbocycles. The van der Waals surface area contributed by atoms with Gasteiger partial charge in [0.05, 0.1) is 13.2 Å². The lowest BCUT2D eigenvalue weighted by Gasteiger charge is -2.08. The zero-order valence-electron chi connectivity index (χ0n) is 8.44. The number of aliphatic hydroxyl groups excluding tert-OH is 1. The molecule has 0 radical (unpaired) electrons. The highest BCUT2D eigenvalue weighted by atomic mass is 16.5. The van der Waals surface area contributed by atoms with E-state index in [1.807, 2.05) is 24.3 Å². The molecule has 0 fully saturated rings. The van der Waals surface area contributed by atoms with Gasteiger partial charge in [-0.3, -0.25) is 0 Å². The summed E-state index contributed by atoms with van der Waals surface area (Å²) in [6.07, 6.45) is 1.13. The van der Waals surface area contributed by atoms with Gasteiger partial charge in [0.15, 0.2) is 0 Å². The number of ether oxygens (including phenoxy) is 1. The van der Waals surface area contributed by atoms with Gasteiger partial charge in [0.1, 0.15) is 5.75 Å². The first kappa shape index (κ1) is 11.0. The van der Waals surface area contributed by atoms with Crippen LogP contribution in [-0.2, 0) is 6.42 Å². The molecular formula is C11H17NO2. The lowest BCUT2D eigenvalue weighted by Crippen LogP contribution is -2.20. The standard InChI is InChI=1S/C11H17NO2/c1-14-11-4-2-3-9(7-11)5-6-10(13)8-12/h2-4,7,10,13H,5-6,8,12H2,1H3. The Kier molecular flexibility index (Phi) is 4.43. The van der Waals surface area contributed by atoms with Gasteiger partial charge >= 0.3 is 0 Å². The number of rotatable bonds is 5. The van der Waals surface area contributed by atoms with E-state index >= 15 is 0 Å². The number of hydrogen-bond acceptors (Lipinski definition) is 3. The summed E-state index contributed by atoms with van der Waals surface area (Å²) in [4.78, 5) is 0. The second kappa shape index (κ2) is 5.62. The zero-order valence-corrected chi connectivity index (χ0v) is 8.44. The third-order valence-electron chi connectivity index (χ3n) is 2.17. The predicted molar refractivity (Wildman–Crippen MR) is 56.4 cm³/mol. The SMILES string of the molecule is COc1cccc(CCC(O)CN)c1. The van der Waals surface area contributed by atoms with Crippen molar-refractivity contribution in [2.24, 2.45) is 5.73 Å². The zero-order chi connectivity index (χ0) is 10.4. The van der Waals surface area contributed by atoms with E-state index in [-0.39, 0.29) is 0 Å². The molecule has 3 N–H and O–H groups in total. The van der Waals surface area contributed by atoms with Crippen LogP contribution in [0.15, 0.2) is 24.3 Å². The van der Waals surface area contributed by atoms with Crippen LogP contribution in [0.1, 0.15) is 12.0 Å². The largest absolute Gasteiger partial charge is 0.497 e. The Balaban J connectivity index is 2.50. The summed E-state index contributed by atoms with van der Waals surface area (Å²) in [7, 11) is 1.65. The van der Waals surface area contributed by atoms with Crippen LogP contribution in [0, 0.1) is 0 Å². The van der Waals surface area contributed by atoms with E-state index in [0.717, 1.165) is 17.7 Å². The average molecular weight is 195 g/mol. The molecule has 0 saturated heterocycles. The molecule has 3 heteroatoms. The third kappa shape index (κ3) is 3.36. The second-order valence-corrected chi connectivity index (χ2v) is 3.28. The molecule has 0 saturated carbocycles. The van der Waals surface area contributed by atoms with Crippen LogP contribution in [0.2, 0.25) is 0 Å². The molecule has 1 aromatic rings. The molecule has 1 atom stereocenters. The number of aliphatic hydroxyl groups is 1. The topological polar surface area (TPSA) is 55.5 Å². The molecular weight excluding hydrogens is 178 g/mol. The van der Waals surface area contributed by atoms with E-state index in [4.69, 9.17) is 10.5 Å². The summed E-state index contributed by atoms with van der Waals surface area (Å²) in [6, 6.07) is 7.85. The molecule has 0 spiro atoms. The molecule has 0 aromatic heterocycles. The van der Waals surface area contributed by atoms with Crippen molar-refractivity contribution in [3.8, 4) is 5.75 Å². The van der Waals surface area contributed by atoms with Gasteiger partial charge in [-0.15, -0.1) is 0 Å². The monoisotopic (exact) mass is 195 g/mol. The lowest BCUT2D eigenvalue weighted by atomic mass is 10.1. The lowest BCUT2D eigenvalue weighted by molar-refractivity contribution is 0.173. The normalized spacial score (nSPS) is 12.5. The van der Waals surface area contributed by atoms with Crippen LogP contribution in [0.3, 0.4) is 0 Å². The first-order chi connectivity index (χ1) is 6.76. The van der Waals surface area contributed by atoms with Crippen molar-refractivity contribution >= 4 is 0 Å². The minimum Gasteiger partial charge on any atom is -0.497 e. The van der Waals surface area contributed by atoms with Crippen molar-refractivity contribution in [3.05, 3.63) is 29.8 Å². The first-order valence-corrected chi connectivity index (χ1v) is 4.77. The predicted octanol–water partition coefficient (Wildman–Crippen LogP) is 0.947. The van der Waals surface area contributed by atoms with Crippen LogP contribution in [0.5, 0.6) is 5.75 Å². The van der Waals surface area contributed by atoms with Gasteiger partial charge in [0, 0.05) is 6.54 Å². The number of benzene rings is 1. The second-order valence-electron chi connectivity index (χ2n) is 3.28. The highest BCUT2D eigenvalue weighted by Gasteiger charge is 2.02. The van der Waals surface area contributed by atoms with Crippen molar-refractivity contribution in [1.82, 2.24) is 0 Å². The van der Waals surface area contributed by atoms with Crippen LogP contribution in [0.4, 0.5) is 0 Å². The highest BCUT2D eigenvalue weighted by Crippen LogP contribution is 2.14. The van der Waals surface area contributed by atoms with Gasteiger partial charge in [-0.2, -0.15) is 0 Å². The fourth-order valence-corrected chi connectivity index (χ4v) is 1.28. The smallest absolute Gasteiger partial charge is 0.119 e. The summed E-state index contributed by atoms with van der Waals surface area (Å²) < 4.78 is 5.10. The van der Waals surface area contributed by atoms with E-state index < -0.39 is 6.10 Å². The minimum atomic E-state index is -0.402. The molecule has 0 aliphatic carbocycles. The minimum absolute atomic E-state index is 0.323. The van der Waals surface area contributed by atoms with E-state index in [2.05, 4.69) is 0 Å². The molecule has 0 bridgehead atoms. The van der Waals surface area contributed by atoms with Gasteiger partial charge < -0.3 is 15.6 Å². The first-order valence-electron chi connectivity index (χ1n) is 4.77. The quantitative estimate of drug-likeness (QED) is 0.735. The van der Waals surface area contributed by atoms with Gasteiger partial charge in [-0.05, 0) is 30.5 Å². The van der Waals surface area contributed by atoms with Crippen molar-refractivity contribution < 1.29 is 9.84 Å². The third-order valence-corrected chi connectivity index (χ3v) is 2.17. The van der Waals surface area contributed by atoms with Crippen LogP contribution in [0.25, 0.3) is 0 Å². The Morgan fingerprint density at radius 1 is 1.50 bits per heavy atom. The van der Waals surface area contributed by atoms with E-state index in [1.165, 1.54) is 0 Å². The molecule has 0 heterocycles. The van der Waals surface area contributed by atoms with Gasteiger partial charge in [-0.1, -0.05) is 12.1 Å². The molecule has 78 valence electrons. The Morgan fingerprint density at radius 2 is 2.29 bits per heavy atom. The van der Waals surface area contributed by atoms with E-state index in [9.17, 15) is 5.11 Å². The number of methoxy groups -OCH3 is 1. The molecule has 1 rings (SSSR count). The summed E-state index contributed by atoms with van der Waals surface area (Å²) in [5.74, 6) is 0.852. The maximum atomic E-state index is 9.29. The molecule has 1 unspecified atom stereocenters. The van der Waals surface area contributed by atoms with Gasteiger partial charge in [-0.25, -0.2) is 0 Å². The average Bonchev–Trinajstić information content (AvgIpc) is 2.26. The summed E-state index contributed by atoms with van der Waals surface area (Å²) in [6.45, 7) is 0.323. The molecule has 0 aliphatic heterocycles. The maximum absolute atomic E-state index is 9.29. The fraction of sp³-hybridized carbons (Fsp3) is 0.455. The summed E-state index contributed by atoms with van der Waals surface area (Å²) in [5, 5.41) is 9.29. The van der Waals surface area contributed by atoms with Gasteiger partial charge in [0.2, 0.25) is 0 Å².